The molecule has 4 aromatic carbocycles. The number of nitrogens with one attached hydrogen (secondary N) is 3. The summed E-state index contributed by atoms with van der Waals surface area (Å²) in [7, 11) is 0. The monoisotopic (exact) mass is 1040 g/mol. The van der Waals surface area contributed by atoms with Gasteiger partial charge in [0.15, 0.2) is 5.11 Å². The molecule has 20 heteroatoms. The Labute approximate surface area is 430 Å². The minimum absolute atomic E-state index is 0.0642. The second kappa shape index (κ2) is 22.1. The molecule has 5 aromatic rings. The van der Waals surface area contributed by atoms with Gasteiger partial charge in [0.05, 0.1) is 69.9 Å². The number of β-amino-alcohol motifs (C(OH)–C–C–N with tert-alkyl or cyclic N) is 1. The highest BCUT2D eigenvalue weighted by Crippen LogP contribution is 2.41. The molecule has 1 aromatic heterocycles. The van der Waals surface area contributed by atoms with E-state index in [1.165, 1.54) is 43.0 Å². The van der Waals surface area contributed by atoms with Gasteiger partial charge in [0.25, 0.3) is 5.91 Å². The third-order valence-electron chi connectivity index (χ3n) is 12.9. The lowest BCUT2D eigenvalue weighted by Crippen LogP contribution is -2.55. The number of carbonyl (C=O) groups excluding carboxylic acids is 4. The van der Waals surface area contributed by atoms with E-state index in [4.69, 9.17) is 17.0 Å². The van der Waals surface area contributed by atoms with Crippen LogP contribution < -0.4 is 30.5 Å². The molecular formula is C53H56F4N8O6S2. The Morgan fingerprint density at radius 3 is 2.29 bits per heavy atom. The van der Waals surface area contributed by atoms with Gasteiger partial charge in [-0.3, -0.25) is 29.0 Å². The minimum atomic E-state index is -4.87. The molecule has 0 radical (unpaired) electrons. The van der Waals surface area contributed by atoms with E-state index in [0.717, 1.165) is 32.7 Å². The van der Waals surface area contributed by atoms with Crippen molar-refractivity contribution in [2.45, 2.75) is 97.3 Å². The molecule has 2 fully saturated rings. The largest absolute Gasteiger partial charge is 0.494 e. The maximum absolute atomic E-state index is 15.9. The Kier molecular flexibility index (Phi) is 16.4. The number of likely N-dealkylation sites (tertiary alicyclic amines) is 1. The minimum Gasteiger partial charge on any atom is -0.494 e. The van der Waals surface area contributed by atoms with Crippen molar-refractivity contribution in [2.75, 3.05) is 36.0 Å². The maximum atomic E-state index is 15.9. The summed E-state index contributed by atoms with van der Waals surface area (Å²) in [6.45, 7) is 11.7. The van der Waals surface area contributed by atoms with Crippen molar-refractivity contribution in [3.05, 3.63) is 119 Å². The van der Waals surface area contributed by atoms with Gasteiger partial charge in [0.1, 0.15) is 17.1 Å². The summed E-state index contributed by atoms with van der Waals surface area (Å²) in [5, 5.41) is 28.3. The topological polar surface area (TPSA) is 180 Å². The summed E-state index contributed by atoms with van der Waals surface area (Å²) < 4.78 is 63.1. The van der Waals surface area contributed by atoms with Crippen LogP contribution in [0.5, 0.6) is 5.75 Å². The van der Waals surface area contributed by atoms with Gasteiger partial charge in [-0.25, -0.2) is 9.37 Å². The third-order valence-corrected chi connectivity index (χ3v) is 14.2. The van der Waals surface area contributed by atoms with Crippen LogP contribution in [0.15, 0.2) is 90.4 Å². The normalized spacial score (nSPS) is 17.3. The van der Waals surface area contributed by atoms with Crippen LogP contribution in [0, 0.1) is 29.5 Å². The van der Waals surface area contributed by atoms with Crippen LogP contribution in [0.1, 0.15) is 76.3 Å². The number of carbonyl (C=O) groups is 4. The number of nitriles is 1. The van der Waals surface area contributed by atoms with Crippen molar-refractivity contribution < 1.29 is 46.6 Å². The van der Waals surface area contributed by atoms with E-state index in [-0.39, 0.29) is 60.8 Å². The van der Waals surface area contributed by atoms with E-state index in [2.05, 4.69) is 20.9 Å². The summed E-state index contributed by atoms with van der Waals surface area (Å²) in [4.78, 5) is 62.4. The van der Waals surface area contributed by atoms with Crippen LogP contribution in [-0.2, 0) is 31.9 Å². The number of aliphatic hydroxyl groups excluding tert-OH is 1. The Morgan fingerprint density at radius 2 is 1.66 bits per heavy atom. The molecule has 4 N–H and O–H groups in total. The Balaban J connectivity index is 0.856. The molecule has 2 saturated heterocycles. The molecule has 4 amide bonds. The lowest BCUT2D eigenvalue weighted by atomic mass is 9.86. The number of rotatable bonds is 17. The average molecular weight is 1040 g/mol. The van der Waals surface area contributed by atoms with Crippen LogP contribution in [-0.4, -0.2) is 93.7 Å². The Bertz CT molecular complexity index is 2920. The van der Waals surface area contributed by atoms with Gasteiger partial charge in [-0.2, -0.15) is 18.4 Å². The van der Waals surface area contributed by atoms with Crippen LogP contribution in [0.2, 0.25) is 0 Å². The first-order valence-corrected chi connectivity index (χ1v) is 24.8. The second-order valence-corrected chi connectivity index (χ2v) is 20.8. The highest BCUT2D eigenvalue weighted by atomic mass is 32.1. The quantitative estimate of drug-likeness (QED) is 0.0400. The maximum Gasteiger partial charge on any atom is 0.417 e. The van der Waals surface area contributed by atoms with Gasteiger partial charge in [-0.05, 0) is 116 Å². The molecular weight excluding hydrogens is 985 g/mol. The van der Waals surface area contributed by atoms with Crippen LogP contribution in [0.3, 0.4) is 0 Å². The van der Waals surface area contributed by atoms with Crippen molar-refractivity contribution in [2.24, 2.45) is 5.41 Å². The SMILES string of the molecule is Cc1ncsc1-c1ccc(CNC(=O)[C@@H]2C[C@@H](O)CN2C[C@@H](NC(=O)CNC(=O)CCCOc2ccc(-c3ccc(N4C(=S)N(c5ccc(C#N)c(C(F)(F)F)c5)C(=O)C4(C)C)c(F)c3)cc2)C(C)(C)C)cc1. The van der Waals surface area contributed by atoms with E-state index in [9.17, 15) is 42.7 Å². The third kappa shape index (κ3) is 12.5. The van der Waals surface area contributed by atoms with Crippen LogP contribution >= 0.6 is 23.6 Å². The number of benzene rings is 4. The number of thiazole rings is 1. The molecule has 3 atom stereocenters. The number of thiocarbonyl (C=S) groups is 1. The molecule has 2 aliphatic rings. The van der Waals surface area contributed by atoms with Crippen molar-refractivity contribution in [3.63, 3.8) is 0 Å². The van der Waals surface area contributed by atoms with E-state index >= 15 is 4.39 Å². The molecule has 3 heterocycles. The summed E-state index contributed by atoms with van der Waals surface area (Å²) >= 11 is 7.14. The Hall–Kier alpha value is -6.79. The van der Waals surface area contributed by atoms with Crippen molar-refractivity contribution >= 4 is 63.7 Å². The lowest BCUT2D eigenvalue weighted by Gasteiger charge is -2.36. The smallest absolute Gasteiger partial charge is 0.417 e. The summed E-state index contributed by atoms with van der Waals surface area (Å²) in [6, 6.07) is 22.4. The first-order chi connectivity index (χ1) is 34.5. The highest BCUT2D eigenvalue weighted by molar-refractivity contribution is 7.81. The predicted octanol–water partition coefficient (Wildman–Crippen LogP) is 8.29. The fourth-order valence-corrected chi connectivity index (χ4v) is 10.1. The number of hydrogen-bond acceptors (Lipinski definition) is 11. The number of anilines is 2. The second-order valence-electron chi connectivity index (χ2n) is 19.6. The molecule has 7 rings (SSSR count). The van der Waals surface area contributed by atoms with Gasteiger partial charge >= 0.3 is 6.18 Å². The number of hydrogen-bond donors (Lipinski definition) is 4. The summed E-state index contributed by atoms with van der Waals surface area (Å²) in [5.74, 6) is -1.88. The summed E-state index contributed by atoms with van der Waals surface area (Å²) in [6.07, 6.45) is -4.89. The lowest BCUT2D eigenvalue weighted by molar-refractivity contribution is -0.138. The van der Waals surface area contributed by atoms with Gasteiger partial charge in [-0.15, -0.1) is 11.3 Å². The van der Waals surface area contributed by atoms with Crippen molar-refractivity contribution in [3.8, 4) is 33.4 Å². The van der Waals surface area contributed by atoms with Gasteiger partial charge in [0.2, 0.25) is 17.7 Å². The number of amides is 4. The van der Waals surface area contributed by atoms with Gasteiger partial charge in [-0.1, -0.05) is 63.2 Å². The first kappa shape index (κ1) is 54.0. The number of aryl methyl sites for hydroxylation is 1. The number of alkyl halides is 3. The van der Waals surface area contributed by atoms with E-state index in [1.807, 2.05) is 62.4 Å². The molecule has 384 valence electrons. The molecule has 0 spiro atoms. The fraction of sp³-hybridized carbons (Fsp3) is 0.377. The van der Waals surface area contributed by atoms with E-state index in [0.29, 0.717) is 42.5 Å². The van der Waals surface area contributed by atoms with Crippen molar-refractivity contribution in [1.82, 2.24) is 25.8 Å². The summed E-state index contributed by atoms with van der Waals surface area (Å²) in [5.41, 5.74) is 1.84. The zero-order chi connectivity index (χ0) is 53.0. The fourth-order valence-electron chi connectivity index (χ4n) is 8.76. The molecule has 0 bridgehead atoms. The van der Waals surface area contributed by atoms with Crippen LogP contribution in [0.25, 0.3) is 21.6 Å². The number of ether oxygens (including phenoxy) is 1. The predicted molar refractivity (Wildman–Crippen MR) is 274 cm³/mol. The average Bonchev–Trinajstić information content (AvgIpc) is 3.99. The van der Waals surface area contributed by atoms with Gasteiger partial charge < -0.3 is 30.7 Å². The molecule has 0 aliphatic carbocycles. The number of nitrogens with zero attached hydrogens (tertiary/aromatic N) is 5. The zero-order valence-electron chi connectivity index (χ0n) is 41.1. The molecule has 0 unspecified atom stereocenters. The first-order valence-electron chi connectivity index (χ1n) is 23.5. The zero-order valence-corrected chi connectivity index (χ0v) is 42.7. The van der Waals surface area contributed by atoms with E-state index < -0.39 is 64.1 Å². The molecule has 73 heavy (non-hydrogen) atoms. The van der Waals surface area contributed by atoms with Crippen LogP contribution in [0.4, 0.5) is 28.9 Å². The van der Waals surface area contributed by atoms with Crippen molar-refractivity contribution in [1.29, 1.82) is 5.26 Å². The molecule has 14 nitrogen and oxygen atoms in total. The number of aliphatic hydroxyl groups is 1. The highest BCUT2D eigenvalue weighted by Gasteiger charge is 2.51. The van der Waals surface area contributed by atoms with E-state index in [1.54, 1.807) is 41.7 Å². The number of aromatic nitrogens is 1. The van der Waals surface area contributed by atoms with Gasteiger partial charge in [0, 0.05) is 32.1 Å². The molecule has 0 saturated carbocycles. The molecule has 2 aliphatic heterocycles. The standard InChI is InChI=1S/C53H56F4N8O6S2/c1-31-47(73-30-61-31)34-11-9-32(10-12-34)26-60-48(69)43-24-38(66)28-63(43)29-44(51(2,3)4)62-46(68)27-59-45(67)8-7-21-71-39-18-14-33(15-19-39)35-16-20-42(41(54)22-35)65-50(72)64(49(70)52(65,5)6)37-17-13-36(25-58)40(23-37)53(55,56)57/h9-20,22-23,30,38,43-44,66H,7-8,21,24,26-29H2,1-6H3,(H,59,67)(H,60,69)(H,62,68)/t38-,43+,44-/m1/s1. The number of halogens is 4. The Morgan fingerprint density at radius 1 is 0.973 bits per heavy atom.